The van der Waals surface area contributed by atoms with Crippen LogP contribution in [0.15, 0.2) is 29.3 Å². The molecule has 0 aliphatic carbocycles. The zero-order chi connectivity index (χ0) is 17.1. The predicted molar refractivity (Wildman–Crippen MR) is 96.1 cm³/mol. The van der Waals surface area contributed by atoms with Gasteiger partial charge in [0.05, 0.1) is 12.3 Å². The monoisotopic (exact) mass is 340 g/mol. The summed E-state index contributed by atoms with van der Waals surface area (Å²) in [4.78, 5) is 4.56. The molecule has 0 spiro atoms. The van der Waals surface area contributed by atoms with Gasteiger partial charge in [-0.2, -0.15) is 0 Å². The Kier molecular flexibility index (Phi) is 8.65. The number of guanidine groups is 1. The van der Waals surface area contributed by atoms with Crippen molar-refractivity contribution < 1.29 is 8.42 Å². The van der Waals surface area contributed by atoms with Crippen molar-refractivity contribution in [2.45, 2.75) is 33.7 Å². The van der Waals surface area contributed by atoms with Crippen molar-refractivity contribution in [3.05, 3.63) is 35.4 Å². The minimum absolute atomic E-state index is 0.0922. The normalized spacial score (nSPS) is 12.2. The topological polar surface area (TPSA) is 82.6 Å². The summed E-state index contributed by atoms with van der Waals surface area (Å²) in [5, 5.41) is 6.30. The first kappa shape index (κ1) is 19.4. The summed E-state index contributed by atoms with van der Waals surface area (Å²) in [6.07, 6.45) is 0.981. The van der Waals surface area contributed by atoms with Crippen LogP contribution in [0.5, 0.6) is 0 Å². The van der Waals surface area contributed by atoms with Gasteiger partial charge < -0.3 is 10.6 Å². The summed E-state index contributed by atoms with van der Waals surface area (Å²) >= 11 is 0. The number of nitrogens with one attached hydrogen (secondary N) is 3. The van der Waals surface area contributed by atoms with Gasteiger partial charge in [-0.3, -0.25) is 0 Å². The van der Waals surface area contributed by atoms with Gasteiger partial charge in [-0.1, -0.05) is 31.2 Å². The molecule has 0 aliphatic heterocycles. The highest BCUT2D eigenvalue weighted by Gasteiger charge is 2.05. The molecule has 0 aliphatic rings. The van der Waals surface area contributed by atoms with Crippen LogP contribution in [0.4, 0.5) is 0 Å². The zero-order valence-corrected chi connectivity index (χ0v) is 15.0. The SMILES string of the molecule is CCNC(=NCc1ccccc1CC)NCCNS(=O)(=O)CC. The van der Waals surface area contributed by atoms with E-state index in [0.29, 0.717) is 25.6 Å². The van der Waals surface area contributed by atoms with Gasteiger partial charge in [-0.25, -0.2) is 18.1 Å². The third-order valence-electron chi connectivity index (χ3n) is 3.37. The molecule has 0 bridgehead atoms. The minimum Gasteiger partial charge on any atom is -0.357 e. The first-order valence-electron chi connectivity index (χ1n) is 8.08. The van der Waals surface area contributed by atoms with Crippen molar-refractivity contribution in [1.29, 1.82) is 0 Å². The van der Waals surface area contributed by atoms with Crippen LogP contribution >= 0.6 is 0 Å². The maximum absolute atomic E-state index is 11.4. The Morgan fingerprint density at radius 1 is 1.04 bits per heavy atom. The first-order chi connectivity index (χ1) is 11.0. The summed E-state index contributed by atoms with van der Waals surface area (Å²) in [5.74, 6) is 0.781. The number of nitrogens with zero attached hydrogens (tertiary/aromatic N) is 1. The van der Waals surface area contributed by atoms with Gasteiger partial charge in [0.2, 0.25) is 10.0 Å². The van der Waals surface area contributed by atoms with Crippen molar-refractivity contribution in [2.75, 3.05) is 25.4 Å². The van der Waals surface area contributed by atoms with Crippen LogP contribution in [0, 0.1) is 0 Å². The molecule has 6 nitrogen and oxygen atoms in total. The quantitative estimate of drug-likeness (QED) is 0.359. The Balaban J connectivity index is 2.56. The Labute approximate surface area is 139 Å². The van der Waals surface area contributed by atoms with E-state index in [1.807, 2.05) is 19.1 Å². The molecule has 1 aromatic rings. The minimum atomic E-state index is -3.14. The summed E-state index contributed by atoms with van der Waals surface area (Å²) in [6.45, 7) is 7.92. The molecular formula is C16H28N4O2S. The summed E-state index contributed by atoms with van der Waals surface area (Å²) < 4.78 is 25.3. The number of aliphatic imine (C=N–C) groups is 1. The van der Waals surface area contributed by atoms with Crippen molar-refractivity contribution in [1.82, 2.24) is 15.4 Å². The Bertz CT molecular complexity index is 600. The van der Waals surface area contributed by atoms with Crippen LogP contribution in [0.25, 0.3) is 0 Å². The largest absolute Gasteiger partial charge is 0.357 e. The summed E-state index contributed by atoms with van der Waals surface area (Å²) in [5.41, 5.74) is 2.50. The lowest BCUT2D eigenvalue weighted by molar-refractivity contribution is 0.582. The van der Waals surface area contributed by atoms with Crippen LogP contribution in [0.3, 0.4) is 0 Å². The molecule has 0 unspecified atom stereocenters. The lowest BCUT2D eigenvalue weighted by atomic mass is 10.1. The van der Waals surface area contributed by atoms with Gasteiger partial charge in [-0.05, 0) is 31.4 Å². The molecule has 0 saturated carbocycles. The average Bonchev–Trinajstić information content (AvgIpc) is 2.56. The molecule has 0 heterocycles. The van der Waals surface area contributed by atoms with Crippen LogP contribution in [-0.4, -0.2) is 39.8 Å². The Morgan fingerprint density at radius 2 is 1.74 bits per heavy atom. The second-order valence-corrected chi connectivity index (χ2v) is 7.14. The van der Waals surface area contributed by atoms with E-state index in [2.05, 4.69) is 39.4 Å². The summed E-state index contributed by atoms with van der Waals surface area (Å²) in [6, 6.07) is 8.26. The van der Waals surface area contributed by atoms with Gasteiger partial charge in [0, 0.05) is 19.6 Å². The molecule has 7 heteroatoms. The van der Waals surface area contributed by atoms with Crippen LogP contribution in [0.2, 0.25) is 0 Å². The average molecular weight is 340 g/mol. The number of sulfonamides is 1. The lowest BCUT2D eigenvalue weighted by Gasteiger charge is -2.12. The van der Waals surface area contributed by atoms with Crippen molar-refractivity contribution in [3.8, 4) is 0 Å². The fourth-order valence-electron chi connectivity index (χ4n) is 2.05. The first-order valence-corrected chi connectivity index (χ1v) is 9.73. The molecule has 0 fully saturated rings. The van der Waals surface area contributed by atoms with Crippen molar-refractivity contribution in [2.24, 2.45) is 4.99 Å². The molecule has 3 N–H and O–H groups in total. The molecule has 23 heavy (non-hydrogen) atoms. The molecule has 1 aromatic carbocycles. The van der Waals surface area contributed by atoms with E-state index in [0.717, 1.165) is 13.0 Å². The Hall–Kier alpha value is -1.60. The zero-order valence-electron chi connectivity index (χ0n) is 14.2. The molecule has 0 aromatic heterocycles. The number of hydrogen-bond acceptors (Lipinski definition) is 3. The van der Waals surface area contributed by atoms with E-state index in [1.165, 1.54) is 11.1 Å². The van der Waals surface area contributed by atoms with Gasteiger partial charge in [-0.15, -0.1) is 0 Å². The van der Waals surface area contributed by atoms with E-state index in [1.54, 1.807) is 6.92 Å². The predicted octanol–water partition coefficient (Wildman–Crippen LogP) is 1.24. The molecule has 0 atom stereocenters. The van der Waals surface area contributed by atoms with Gasteiger partial charge in [0.1, 0.15) is 0 Å². The smallest absolute Gasteiger partial charge is 0.211 e. The van der Waals surface area contributed by atoms with Crippen molar-refractivity contribution in [3.63, 3.8) is 0 Å². The van der Waals surface area contributed by atoms with Gasteiger partial charge >= 0.3 is 0 Å². The molecule has 1 rings (SSSR count). The fraction of sp³-hybridized carbons (Fsp3) is 0.562. The third kappa shape index (κ3) is 7.47. The van der Waals surface area contributed by atoms with Crippen molar-refractivity contribution >= 4 is 16.0 Å². The number of rotatable bonds is 9. The molecule has 130 valence electrons. The van der Waals surface area contributed by atoms with E-state index in [-0.39, 0.29) is 5.75 Å². The fourth-order valence-corrected chi connectivity index (χ4v) is 2.67. The molecule has 0 saturated heterocycles. The van der Waals surface area contributed by atoms with E-state index >= 15 is 0 Å². The Morgan fingerprint density at radius 3 is 2.35 bits per heavy atom. The second kappa shape index (κ2) is 10.2. The number of benzene rings is 1. The maximum atomic E-state index is 11.4. The van der Waals surface area contributed by atoms with E-state index in [4.69, 9.17) is 0 Å². The van der Waals surface area contributed by atoms with Crippen LogP contribution < -0.4 is 15.4 Å². The molecule has 0 radical (unpaired) electrons. The standard InChI is InChI=1S/C16H28N4O2S/c1-4-14-9-7-8-10-15(14)13-19-16(17-5-2)18-11-12-20-23(21,22)6-3/h7-10,20H,4-6,11-13H2,1-3H3,(H2,17,18,19). The lowest BCUT2D eigenvalue weighted by Crippen LogP contribution is -2.41. The third-order valence-corrected chi connectivity index (χ3v) is 4.77. The van der Waals surface area contributed by atoms with Gasteiger partial charge in [0.25, 0.3) is 0 Å². The highest BCUT2D eigenvalue weighted by atomic mass is 32.2. The van der Waals surface area contributed by atoms with Crippen LogP contribution in [0.1, 0.15) is 31.9 Å². The van der Waals surface area contributed by atoms with E-state index < -0.39 is 10.0 Å². The van der Waals surface area contributed by atoms with Gasteiger partial charge in [0.15, 0.2) is 5.96 Å². The molecular weight excluding hydrogens is 312 g/mol. The highest BCUT2D eigenvalue weighted by molar-refractivity contribution is 7.89. The number of hydrogen-bond donors (Lipinski definition) is 3. The second-order valence-electron chi connectivity index (χ2n) is 5.04. The highest BCUT2D eigenvalue weighted by Crippen LogP contribution is 2.10. The van der Waals surface area contributed by atoms with Crippen LogP contribution in [-0.2, 0) is 23.0 Å². The van der Waals surface area contributed by atoms with E-state index in [9.17, 15) is 8.42 Å². The maximum Gasteiger partial charge on any atom is 0.211 e. The summed E-state index contributed by atoms with van der Waals surface area (Å²) in [7, 11) is -3.14. The molecule has 0 amide bonds. The number of aryl methyl sites for hydroxylation is 1.